The quantitative estimate of drug-likeness (QED) is 0.863. The smallest absolute Gasteiger partial charge is 0.185 e. The summed E-state index contributed by atoms with van der Waals surface area (Å²) in [5.41, 5.74) is 0.133. The standard InChI is InChI=1S/C10H12ClN3S/c1-10(4-2-3-5-10)14-9-13-8(11)7(6-12)15-9/h2-5H2,1H3,(H,13,14). The molecule has 0 saturated heterocycles. The zero-order valence-electron chi connectivity index (χ0n) is 8.51. The van der Waals surface area contributed by atoms with Gasteiger partial charge in [0.1, 0.15) is 10.9 Å². The van der Waals surface area contributed by atoms with Crippen molar-refractivity contribution in [3.63, 3.8) is 0 Å². The summed E-state index contributed by atoms with van der Waals surface area (Å²) in [6.07, 6.45) is 4.83. The molecule has 1 aromatic heterocycles. The van der Waals surface area contributed by atoms with E-state index < -0.39 is 0 Å². The summed E-state index contributed by atoms with van der Waals surface area (Å²) in [6, 6.07) is 2.04. The fourth-order valence-electron chi connectivity index (χ4n) is 1.96. The van der Waals surface area contributed by atoms with Crippen molar-refractivity contribution in [2.24, 2.45) is 0 Å². The van der Waals surface area contributed by atoms with Gasteiger partial charge in [0.05, 0.1) is 0 Å². The summed E-state index contributed by atoms with van der Waals surface area (Å²) in [7, 11) is 0. The molecule has 1 aromatic rings. The fourth-order valence-corrected chi connectivity index (χ4v) is 3.06. The minimum atomic E-state index is 0.133. The summed E-state index contributed by atoms with van der Waals surface area (Å²) in [5, 5.41) is 13.2. The van der Waals surface area contributed by atoms with Crippen molar-refractivity contribution in [3.05, 3.63) is 10.0 Å². The summed E-state index contributed by atoms with van der Waals surface area (Å²) in [6.45, 7) is 2.20. The first-order valence-corrected chi connectivity index (χ1v) is 6.17. The lowest BCUT2D eigenvalue weighted by molar-refractivity contribution is 0.533. The van der Waals surface area contributed by atoms with Gasteiger partial charge in [-0.05, 0) is 19.8 Å². The Bertz CT molecular complexity index is 401. The molecule has 80 valence electrons. The highest BCUT2D eigenvalue weighted by Gasteiger charge is 2.29. The molecule has 0 atom stereocenters. The van der Waals surface area contributed by atoms with Crippen molar-refractivity contribution in [1.29, 1.82) is 5.26 Å². The van der Waals surface area contributed by atoms with Crippen molar-refractivity contribution in [2.75, 3.05) is 5.32 Å². The molecule has 0 aliphatic heterocycles. The lowest BCUT2D eigenvalue weighted by Crippen LogP contribution is -2.30. The number of thiazole rings is 1. The Morgan fingerprint density at radius 3 is 2.73 bits per heavy atom. The lowest BCUT2D eigenvalue weighted by atomic mass is 10.0. The summed E-state index contributed by atoms with van der Waals surface area (Å²) in [4.78, 5) is 4.63. The van der Waals surface area contributed by atoms with Crippen molar-refractivity contribution in [2.45, 2.75) is 38.1 Å². The van der Waals surface area contributed by atoms with E-state index in [9.17, 15) is 0 Å². The molecule has 0 radical (unpaired) electrons. The van der Waals surface area contributed by atoms with Crippen LogP contribution in [0.4, 0.5) is 5.13 Å². The third-order valence-electron chi connectivity index (χ3n) is 2.80. The molecule has 0 aromatic carbocycles. The van der Waals surface area contributed by atoms with E-state index in [-0.39, 0.29) is 5.54 Å². The second kappa shape index (κ2) is 3.99. The topological polar surface area (TPSA) is 48.7 Å². The number of rotatable bonds is 2. The molecular weight excluding hydrogens is 230 g/mol. The first-order valence-electron chi connectivity index (χ1n) is 4.98. The van der Waals surface area contributed by atoms with Crippen LogP contribution in [0, 0.1) is 11.3 Å². The van der Waals surface area contributed by atoms with Gasteiger partial charge >= 0.3 is 0 Å². The Kier molecular flexibility index (Phi) is 2.85. The SMILES string of the molecule is CC1(Nc2nc(Cl)c(C#N)s2)CCCC1. The van der Waals surface area contributed by atoms with Crippen LogP contribution in [-0.4, -0.2) is 10.5 Å². The normalized spacial score (nSPS) is 18.7. The number of hydrogen-bond donors (Lipinski definition) is 1. The van der Waals surface area contributed by atoms with Gasteiger partial charge in [-0.25, -0.2) is 4.98 Å². The molecule has 1 aliphatic rings. The molecule has 1 saturated carbocycles. The van der Waals surface area contributed by atoms with Gasteiger partial charge in [-0.2, -0.15) is 5.26 Å². The molecule has 2 rings (SSSR count). The maximum Gasteiger partial charge on any atom is 0.185 e. The Labute approximate surface area is 98.1 Å². The molecule has 0 amide bonds. The van der Waals surface area contributed by atoms with E-state index in [0.717, 1.165) is 18.0 Å². The fraction of sp³-hybridized carbons (Fsp3) is 0.600. The van der Waals surface area contributed by atoms with Gasteiger partial charge in [0.15, 0.2) is 10.3 Å². The van der Waals surface area contributed by atoms with Gasteiger partial charge < -0.3 is 5.32 Å². The van der Waals surface area contributed by atoms with Crippen molar-refractivity contribution >= 4 is 28.1 Å². The third-order valence-corrected chi connectivity index (χ3v) is 4.06. The molecule has 5 heteroatoms. The Morgan fingerprint density at radius 1 is 1.53 bits per heavy atom. The van der Waals surface area contributed by atoms with Gasteiger partial charge in [-0.3, -0.25) is 0 Å². The number of hydrogen-bond acceptors (Lipinski definition) is 4. The summed E-state index contributed by atoms with van der Waals surface area (Å²) < 4.78 is 0. The molecule has 1 N–H and O–H groups in total. The van der Waals surface area contributed by atoms with Crippen LogP contribution < -0.4 is 5.32 Å². The maximum absolute atomic E-state index is 8.77. The first kappa shape index (κ1) is 10.7. The average Bonchev–Trinajstić information content (AvgIpc) is 2.73. The van der Waals surface area contributed by atoms with Crippen molar-refractivity contribution in [1.82, 2.24) is 4.98 Å². The lowest BCUT2D eigenvalue weighted by Gasteiger charge is -2.24. The highest BCUT2D eigenvalue weighted by molar-refractivity contribution is 7.16. The molecule has 0 spiro atoms. The van der Waals surface area contributed by atoms with E-state index >= 15 is 0 Å². The number of nitrogens with one attached hydrogen (secondary N) is 1. The van der Waals surface area contributed by atoms with E-state index in [1.807, 2.05) is 6.07 Å². The van der Waals surface area contributed by atoms with E-state index in [0.29, 0.717) is 10.0 Å². The van der Waals surface area contributed by atoms with E-state index in [2.05, 4.69) is 17.2 Å². The molecular formula is C10H12ClN3S. The van der Waals surface area contributed by atoms with Crippen LogP contribution in [0.1, 0.15) is 37.5 Å². The number of nitrogens with zero attached hydrogens (tertiary/aromatic N) is 2. The summed E-state index contributed by atoms with van der Waals surface area (Å²) in [5.74, 6) is 0. The van der Waals surface area contributed by atoms with Crippen LogP contribution in [0.15, 0.2) is 0 Å². The Morgan fingerprint density at radius 2 is 2.20 bits per heavy atom. The zero-order chi connectivity index (χ0) is 10.9. The number of aromatic nitrogens is 1. The van der Waals surface area contributed by atoms with Crippen LogP contribution >= 0.6 is 22.9 Å². The zero-order valence-corrected chi connectivity index (χ0v) is 10.1. The molecule has 0 bridgehead atoms. The number of halogens is 1. The molecule has 3 nitrogen and oxygen atoms in total. The number of anilines is 1. The Balaban J connectivity index is 2.14. The van der Waals surface area contributed by atoms with Gasteiger partial charge in [-0.1, -0.05) is 35.8 Å². The van der Waals surface area contributed by atoms with Gasteiger partial charge in [0.25, 0.3) is 0 Å². The largest absolute Gasteiger partial charge is 0.356 e. The second-order valence-corrected chi connectivity index (χ2v) is 5.50. The molecule has 0 unspecified atom stereocenters. The minimum Gasteiger partial charge on any atom is -0.356 e. The van der Waals surface area contributed by atoms with Gasteiger partial charge in [0.2, 0.25) is 0 Å². The average molecular weight is 242 g/mol. The monoisotopic (exact) mass is 241 g/mol. The van der Waals surface area contributed by atoms with E-state index in [1.165, 1.54) is 24.2 Å². The predicted molar refractivity (Wildman–Crippen MR) is 62.3 cm³/mol. The predicted octanol–water partition coefficient (Wildman–Crippen LogP) is 3.41. The van der Waals surface area contributed by atoms with Crippen LogP contribution in [-0.2, 0) is 0 Å². The Hall–Kier alpha value is -0.790. The van der Waals surface area contributed by atoms with Gasteiger partial charge in [0, 0.05) is 5.54 Å². The van der Waals surface area contributed by atoms with Crippen LogP contribution in [0.3, 0.4) is 0 Å². The molecule has 1 aliphatic carbocycles. The summed E-state index contributed by atoms with van der Waals surface area (Å²) >= 11 is 7.14. The first-order chi connectivity index (χ1) is 7.13. The van der Waals surface area contributed by atoms with Gasteiger partial charge in [-0.15, -0.1) is 0 Å². The number of nitriles is 1. The van der Waals surface area contributed by atoms with Crippen molar-refractivity contribution < 1.29 is 0 Å². The molecule has 15 heavy (non-hydrogen) atoms. The second-order valence-electron chi connectivity index (χ2n) is 4.14. The third kappa shape index (κ3) is 2.24. The maximum atomic E-state index is 8.77. The van der Waals surface area contributed by atoms with Crippen LogP contribution in [0.5, 0.6) is 0 Å². The molecule has 1 heterocycles. The highest BCUT2D eigenvalue weighted by atomic mass is 35.5. The van der Waals surface area contributed by atoms with E-state index in [1.54, 1.807) is 0 Å². The van der Waals surface area contributed by atoms with Crippen molar-refractivity contribution in [3.8, 4) is 6.07 Å². The van der Waals surface area contributed by atoms with E-state index in [4.69, 9.17) is 16.9 Å². The highest BCUT2D eigenvalue weighted by Crippen LogP contribution is 2.35. The van der Waals surface area contributed by atoms with Crippen LogP contribution in [0.2, 0.25) is 5.15 Å². The molecule has 1 fully saturated rings. The van der Waals surface area contributed by atoms with Crippen LogP contribution in [0.25, 0.3) is 0 Å². The minimum absolute atomic E-state index is 0.133.